The third kappa shape index (κ3) is 4.09. The summed E-state index contributed by atoms with van der Waals surface area (Å²) in [4.78, 5) is 23.2. The van der Waals surface area contributed by atoms with Gasteiger partial charge >= 0.3 is 0 Å². The van der Waals surface area contributed by atoms with Crippen LogP contribution in [-0.4, -0.2) is 43.5 Å². The number of carbonyl (C=O) groups excluding carboxylic acids is 1. The predicted octanol–water partition coefficient (Wildman–Crippen LogP) is 4.03. The largest absolute Gasteiger partial charge is 0.354 e. The van der Waals surface area contributed by atoms with Gasteiger partial charge < -0.3 is 10.2 Å². The van der Waals surface area contributed by atoms with E-state index in [4.69, 9.17) is 0 Å². The second kappa shape index (κ2) is 8.14. The van der Waals surface area contributed by atoms with Crippen LogP contribution >= 0.6 is 0 Å². The van der Waals surface area contributed by atoms with Crippen molar-refractivity contribution in [2.75, 3.05) is 18.4 Å². The van der Waals surface area contributed by atoms with E-state index in [0.29, 0.717) is 24.3 Å². The Morgan fingerprint density at radius 3 is 2.71 bits per heavy atom. The standard InChI is InChI=1S/C23H21FN6O/c24-18-4-1-5-19(13-18)26-20-6-7-21-27-22(28-30(21)15-20)16-8-11-29(12-9-16)23(31)17-3-2-10-25-14-17/h1-7,10,13-16,26H,8-9,11-12H2. The summed E-state index contributed by atoms with van der Waals surface area (Å²) in [6.45, 7) is 1.33. The Balaban J connectivity index is 1.27. The van der Waals surface area contributed by atoms with Gasteiger partial charge in [0.05, 0.1) is 17.4 Å². The van der Waals surface area contributed by atoms with Crippen LogP contribution in [0.25, 0.3) is 5.65 Å². The molecule has 1 aliphatic heterocycles. The third-order valence-electron chi connectivity index (χ3n) is 5.52. The molecule has 0 spiro atoms. The number of pyridine rings is 2. The van der Waals surface area contributed by atoms with E-state index in [2.05, 4.69) is 20.4 Å². The molecule has 7 nitrogen and oxygen atoms in total. The highest BCUT2D eigenvalue weighted by Gasteiger charge is 2.27. The fourth-order valence-corrected chi connectivity index (χ4v) is 3.89. The van der Waals surface area contributed by atoms with Gasteiger partial charge in [0, 0.05) is 37.1 Å². The minimum absolute atomic E-state index is 0.0163. The molecule has 156 valence electrons. The lowest BCUT2D eigenvalue weighted by Crippen LogP contribution is -2.38. The third-order valence-corrected chi connectivity index (χ3v) is 5.52. The van der Waals surface area contributed by atoms with Crippen molar-refractivity contribution in [3.8, 4) is 0 Å². The highest BCUT2D eigenvalue weighted by atomic mass is 19.1. The summed E-state index contributed by atoms with van der Waals surface area (Å²) in [6, 6.07) is 13.7. The zero-order valence-electron chi connectivity index (χ0n) is 16.8. The number of rotatable bonds is 4. The van der Waals surface area contributed by atoms with Crippen molar-refractivity contribution in [2.24, 2.45) is 0 Å². The number of halogens is 1. The molecule has 8 heteroatoms. The number of fused-ring (bicyclic) bond motifs is 1. The predicted molar refractivity (Wildman–Crippen MR) is 115 cm³/mol. The molecule has 0 saturated carbocycles. The number of hydrogen-bond acceptors (Lipinski definition) is 5. The van der Waals surface area contributed by atoms with Crippen molar-refractivity contribution in [3.05, 3.63) is 84.3 Å². The van der Waals surface area contributed by atoms with Gasteiger partial charge in [-0.3, -0.25) is 9.78 Å². The van der Waals surface area contributed by atoms with Gasteiger partial charge in [-0.1, -0.05) is 6.07 Å². The quantitative estimate of drug-likeness (QED) is 0.544. The Morgan fingerprint density at radius 2 is 1.94 bits per heavy atom. The van der Waals surface area contributed by atoms with Crippen LogP contribution in [0.4, 0.5) is 15.8 Å². The van der Waals surface area contributed by atoms with Gasteiger partial charge in [-0.05, 0) is 55.3 Å². The Kier molecular flexibility index (Phi) is 5.03. The number of nitrogens with zero attached hydrogens (tertiary/aromatic N) is 5. The first-order valence-corrected chi connectivity index (χ1v) is 10.2. The van der Waals surface area contributed by atoms with E-state index in [-0.39, 0.29) is 17.6 Å². The average Bonchev–Trinajstić information content (AvgIpc) is 3.23. The van der Waals surface area contributed by atoms with E-state index in [1.54, 1.807) is 41.2 Å². The fraction of sp³-hybridized carbons (Fsp3) is 0.217. The first kappa shape index (κ1) is 19.2. The van der Waals surface area contributed by atoms with Crippen molar-refractivity contribution in [1.29, 1.82) is 0 Å². The zero-order valence-corrected chi connectivity index (χ0v) is 16.8. The molecule has 1 amide bonds. The summed E-state index contributed by atoms with van der Waals surface area (Å²) >= 11 is 0. The van der Waals surface area contributed by atoms with Gasteiger partial charge in [-0.15, -0.1) is 0 Å². The van der Waals surface area contributed by atoms with Crippen molar-refractivity contribution < 1.29 is 9.18 Å². The van der Waals surface area contributed by atoms with Gasteiger partial charge in [0.15, 0.2) is 11.5 Å². The molecule has 4 heterocycles. The van der Waals surface area contributed by atoms with E-state index >= 15 is 0 Å². The van der Waals surface area contributed by atoms with Crippen molar-refractivity contribution in [1.82, 2.24) is 24.5 Å². The van der Waals surface area contributed by atoms with Crippen LogP contribution in [0.3, 0.4) is 0 Å². The van der Waals surface area contributed by atoms with E-state index < -0.39 is 0 Å². The van der Waals surface area contributed by atoms with Gasteiger partial charge in [0.25, 0.3) is 5.91 Å². The summed E-state index contributed by atoms with van der Waals surface area (Å²) in [6.07, 6.45) is 6.75. The van der Waals surface area contributed by atoms with E-state index in [9.17, 15) is 9.18 Å². The molecule has 0 bridgehead atoms. The molecule has 0 unspecified atom stereocenters. The van der Waals surface area contributed by atoms with Crippen LogP contribution in [-0.2, 0) is 0 Å². The lowest BCUT2D eigenvalue weighted by atomic mass is 9.96. The molecular formula is C23H21FN6O. The molecule has 1 aromatic carbocycles. The zero-order chi connectivity index (χ0) is 21.2. The molecule has 0 atom stereocenters. The molecule has 1 fully saturated rings. The highest BCUT2D eigenvalue weighted by Crippen LogP contribution is 2.27. The normalized spacial score (nSPS) is 14.7. The SMILES string of the molecule is O=C(c1cccnc1)N1CCC(c2nc3ccc(Nc4cccc(F)c4)cn3n2)CC1. The molecule has 31 heavy (non-hydrogen) atoms. The Bertz CT molecular complexity index is 1220. The van der Waals surface area contributed by atoms with Crippen LogP contribution in [0.1, 0.15) is 34.9 Å². The molecule has 0 aliphatic carbocycles. The maximum atomic E-state index is 13.4. The number of hydrogen-bond donors (Lipinski definition) is 1. The summed E-state index contributed by atoms with van der Waals surface area (Å²) in [5, 5.41) is 7.84. The summed E-state index contributed by atoms with van der Waals surface area (Å²) in [7, 11) is 0. The number of aromatic nitrogens is 4. The van der Waals surface area contributed by atoms with Gasteiger partial charge in [-0.2, -0.15) is 5.10 Å². The minimum Gasteiger partial charge on any atom is -0.354 e. The topological polar surface area (TPSA) is 75.4 Å². The summed E-state index contributed by atoms with van der Waals surface area (Å²) in [5.74, 6) is 0.721. The molecule has 1 saturated heterocycles. The number of likely N-dealkylation sites (tertiary alicyclic amines) is 1. The van der Waals surface area contributed by atoms with Crippen molar-refractivity contribution in [3.63, 3.8) is 0 Å². The van der Waals surface area contributed by atoms with Crippen molar-refractivity contribution in [2.45, 2.75) is 18.8 Å². The highest BCUT2D eigenvalue weighted by molar-refractivity contribution is 5.93. The second-order valence-corrected chi connectivity index (χ2v) is 7.63. The maximum Gasteiger partial charge on any atom is 0.255 e. The fourth-order valence-electron chi connectivity index (χ4n) is 3.89. The summed E-state index contributed by atoms with van der Waals surface area (Å²) < 4.78 is 15.2. The first-order chi connectivity index (χ1) is 15.2. The number of nitrogens with one attached hydrogen (secondary N) is 1. The molecule has 1 N–H and O–H groups in total. The Morgan fingerprint density at radius 1 is 1.06 bits per heavy atom. The van der Waals surface area contributed by atoms with Gasteiger partial charge in [0.1, 0.15) is 5.82 Å². The molecule has 5 rings (SSSR count). The van der Waals surface area contributed by atoms with E-state index in [1.165, 1.54) is 12.1 Å². The first-order valence-electron chi connectivity index (χ1n) is 10.2. The Hall–Kier alpha value is -3.81. The van der Waals surface area contributed by atoms with E-state index in [1.807, 2.05) is 23.2 Å². The number of piperidine rings is 1. The number of anilines is 2. The Labute approximate surface area is 178 Å². The van der Waals surface area contributed by atoms with Gasteiger partial charge in [-0.25, -0.2) is 13.9 Å². The summed E-state index contributed by atoms with van der Waals surface area (Å²) in [5.41, 5.74) is 2.84. The minimum atomic E-state index is -0.289. The smallest absolute Gasteiger partial charge is 0.255 e. The van der Waals surface area contributed by atoms with Crippen molar-refractivity contribution >= 4 is 22.9 Å². The molecule has 4 aromatic rings. The maximum absolute atomic E-state index is 13.4. The second-order valence-electron chi connectivity index (χ2n) is 7.63. The van der Waals surface area contributed by atoms with E-state index in [0.717, 1.165) is 30.0 Å². The monoisotopic (exact) mass is 416 g/mol. The molecule has 1 aliphatic rings. The van der Waals surface area contributed by atoms with Crippen LogP contribution in [0.5, 0.6) is 0 Å². The molecule has 0 radical (unpaired) electrons. The van der Waals surface area contributed by atoms with Crippen LogP contribution in [0.15, 0.2) is 67.1 Å². The average molecular weight is 416 g/mol. The number of benzene rings is 1. The van der Waals surface area contributed by atoms with Crippen LogP contribution < -0.4 is 5.32 Å². The lowest BCUT2D eigenvalue weighted by Gasteiger charge is -2.30. The molecule has 3 aromatic heterocycles. The van der Waals surface area contributed by atoms with Crippen LogP contribution in [0.2, 0.25) is 0 Å². The molecular weight excluding hydrogens is 395 g/mol. The van der Waals surface area contributed by atoms with Crippen LogP contribution in [0, 0.1) is 5.82 Å². The number of amides is 1. The number of carbonyl (C=O) groups is 1. The lowest BCUT2D eigenvalue weighted by molar-refractivity contribution is 0.0710. The van der Waals surface area contributed by atoms with Gasteiger partial charge in [0.2, 0.25) is 0 Å².